The molecular weight excluding hydrogens is 426 g/mol. The van der Waals surface area contributed by atoms with Crippen LogP contribution in [0.5, 0.6) is 0 Å². The smallest absolute Gasteiger partial charge is 0.225 e. The van der Waals surface area contributed by atoms with Crippen LogP contribution in [0.25, 0.3) is 5.69 Å². The molecule has 0 saturated carbocycles. The number of anilines is 1. The van der Waals surface area contributed by atoms with E-state index < -0.39 is 0 Å². The summed E-state index contributed by atoms with van der Waals surface area (Å²) in [6, 6.07) is 14.7. The summed E-state index contributed by atoms with van der Waals surface area (Å²) in [6.07, 6.45) is 0.355. The second-order valence-electron chi connectivity index (χ2n) is 5.00. The molecule has 1 heterocycles. The molecule has 6 nitrogen and oxygen atoms in total. The minimum Gasteiger partial charge on any atom is -0.326 e. The molecule has 0 bridgehead atoms. The highest BCUT2D eigenvalue weighted by Gasteiger charge is 2.10. The summed E-state index contributed by atoms with van der Waals surface area (Å²) in [6.45, 7) is 0. The van der Waals surface area contributed by atoms with Crippen molar-refractivity contribution in [3.05, 3.63) is 58.0 Å². The average molecular weight is 439 g/mol. The number of thioether (sulfide) groups is 1. The summed E-state index contributed by atoms with van der Waals surface area (Å²) in [5.74, 6) is 0.511. The lowest BCUT2D eigenvalue weighted by Crippen LogP contribution is -2.12. The number of amides is 1. The lowest BCUT2D eigenvalue weighted by molar-refractivity contribution is -0.115. The van der Waals surface area contributed by atoms with E-state index in [0.717, 1.165) is 15.8 Å². The Balaban J connectivity index is 1.54. The quantitative estimate of drug-likeness (QED) is 0.584. The summed E-state index contributed by atoms with van der Waals surface area (Å²) < 4.78 is 2.59. The fraction of sp³-hybridized carbons (Fsp3) is 0.125. The van der Waals surface area contributed by atoms with E-state index in [4.69, 9.17) is 11.6 Å². The fourth-order valence-corrected chi connectivity index (χ4v) is 3.22. The van der Waals surface area contributed by atoms with Crippen LogP contribution in [0.4, 0.5) is 5.69 Å². The van der Waals surface area contributed by atoms with Crippen molar-refractivity contribution in [2.75, 3.05) is 11.1 Å². The van der Waals surface area contributed by atoms with Gasteiger partial charge in [0.15, 0.2) is 0 Å². The average Bonchev–Trinajstić information content (AvgIpc) is 3.06. The molecule has 0 aliphatic heterocycles. The van der Waals surface area contributed by atoms with Crippen molar-refractivity contribution in [3.63, 3.8) is 0 Å². The normalized spacial score (nSPS) is 10.6. The van der Waals surface area contributed by atoms with Crippen LogP contribution in [-0.2, 0) is 4.79 Å². The maximum atomic E-state index is 12.0. The Morgan fingerprint density at radius 1 is 1.16 bits per heavy atom. The Kier molecular flexibility index (Phi) is 6.06. The lowest BCUT2D eigenvalue weighted by atomic mass is 10.3. The van der Waals surface area contributed by atoms with Crippen molar-refractivity contribution in [1.29, 1.82) is 0 Å². The molecule has 0 aliphatic rings. The van der Waals surface area contributed by atoms with Crippen LogP contribution in [0.2, 0.25) is 5.02 Å². The number of rotatable bonds is 6. The minimum atomic E-state index is -0.0552. The third-order valence-corrected chi connectivity index (χ3v) is 4.90. The van der Waals surface area contributed by atoms with Crippen LogP contribution in [0.1, 0.15) is 6.42 Å². The molecule has 2 aromatic carbocycles. The predicted octanol–water partition coefficient (Wildman–Crippen LogP) is 4.20. The van der Waals surface area contributed by atoms with Gasteiger partial charge in [-0.15, -0.1) is 5.10 Å². The lowest BCUT2D eigenvalue weighted by Gasteiger charge is -2.06. The van der Waals surface area contributed by atoms with E-state index in [2.05, 4.69) is 36.8 Å². The van der Waals surface area contributed by atoms with Gasteiger partial charge in [-0.05, 0) is 59.0 Å². The number of aromatic nitrogens is 4. The number of carbonyl (C=O) groups is 1. The van der Waals surface area contributed by atoms with Crippen molar-refractivity contribution < 1.29 is 4.79 Å². The van der Waals surface area contributed by atoms with Crippen molar-refractivity contribution in [2.45, 2.75) is 11.6 Å². The van der Waals surface area contributed by atoms with E-state index in [1.54, 1.807) is 16.8 Å². The summed E-state index contributed by atoms with van der Waals surface area (Å²) in [5, 5.41) is 15.8. The van der Waals surface area contributed by atoms with E-state index >= 15 is 0 Å². The van der Waals surface area contributed by atoms with Gasteiger partial charge in [-0.25, -0.2) is 0 Å². The molecule has 25 heavy (non-hydrogen) atoms. The van der Waals surface area contributed by atoms with Gasteiger partial charge in [0.05, 0.1) is 5.69 Å². The van der Waals surface area contributed by atoms with Crippen molar-refractivity contribution >= 4 is 50.9 Å². The molecule has 1 N–H and O–H groups in total. The Bertz CT molecular complexity index is 854. The number of nitrogens with one attached hydrogen (secondary N) is 1. The van der Waals surface area contributed by atoms with E-state index in [0.29, 0.717) is 22.4 Å². The molecule has 0 fully saturated rings. The molecule has 0 spiro atoms. The van der Waals surface area contributed by atoms with Crippen LogP contribution in [0, 0.1) is 0 Å². The summed E-state index contributed by atoms with van der Waals surface area (Å²) in [7, 11) is 0. The van der Waals surface area contributed by atoms with E-state index in [-0.39, 0.29) is 5.91 Å². The summed E-state index contributed by atoms with van der Waals surface area (Å²) in [4.78, 5) is 12.0. The molecular formula is C16H13BrClN5OS. The van der Waals surface area contributed by atoms with Crippen LogP contribution >= 0.6 is 39.3 Å². The molecule has 1 aromatic heterocycles. The molecule has 0 unspecified atom stereocenters. The zero-order valence-electron chi connectivity index (χ0n) is 12.9. The van der Waals surface area contributed by atoms with Gasteiger partial charge >= 0.3 is 0 Å². The zero-order chi connectivity index (χ0) is 17.6. The molecule has 9 heteroatoms. The van der Waals surface area contributed by atoms with Crippen molar-refractivity contribution in [1.82, 2.24) is 20.2 Å². The molecule has 0 aliphatic carbocycles. The first-order chi connectivity index (χ1) is 12.1. The van der Waals surface area contributed by atoms with E-state index in [1.165, 1.54) is 11.8 Å². The van der Waals surface area contributed by atoms with Gasteiger partial charge in [-0.2, -0.15) is 4.68 Å². The van der Waals surface area contributed by atoms with Crippen LogP contribution in [0.15, 0.2) is 58.2 Å². The number of benzene rings is 2. The largest absolute Gasteiger partial charge is 0.326 e. The highest BCUT2D eigenvalue weighted by atomic mass is 79.9. The van der Waals surface area contributed by atoms with Gasteiger partial charge < -0.3 is 5.32 Å². The van der Waals surface area contributed by atoms with Gasteiger partial charge in [0, 0.05) is 27.4 Å². The second-order valence-corrected chi connectivity index (χ2v) is 7.42. The van der Waals surface area contributed by atoms with Gasteiger partial charge in [0.2, 0.25) is 11.1 Å². The van der Waals surface area contributed by atoms with Crippen molar-refractivity contribution in [2.24, 2.45) is 0 Å². The number of tetrazole rings is 1. The maximum Gasteiger partial charge on any atom is 0.225 e. The molecule has 3 aromatic rings. The number of nitrogens with zero attached hydrogens (tertiary/aromatic N) is 4. The molecule has 0 saturated heterocycles. The fourth-order valence-electron chi connectivity index (χ4n) is 2.00. The molecule has 0 atom stereocenters. The van der Waals surface area contributed by atoms with Gasteiger partial charge in [-0.1, -0.05) is 39.3 Å². The van der Waals surface area contributed by atoms with Gasteiger partial charge in [0.1, 0.15) is 0 Å². The number of hydrogen-bond donors (Lipinski definition) is 1. The summed E-state index contributed by atoms with van der Waals surface area (Å²) >= 11 is 10.7. The number of halogens is 2. The third kappa shape index (κ3) is 5.04. The zero-order valence-corrected chi connectivity index (χ0v) is 16.1. The summed E-state index contributed by atoms with van der Waals surface area (Å²) in [5.41, 5.74) is 1.58. The van der Waals surface area contributed by atoms with E-state index in [9.17, 15) is 4.79 Å². The van der Waals surface area contributed by atoms with Crippen LogP contribution < -0.4 is 5.32 Å². The number of hydrogen-bond acceptors (Lipinski definition) is 5. The minimum absolute atomic E-state index is 0.0552. The number of carbonyl (C=O) groups excluding carboxylic acids is 1. The topological polar surface area (TPSA) is 72.7 Å². The molecule has 0 radical (unpaired) electrons. The highest BCUT2D eigenvalue weighted by molar-refractivity contribution is 9.10. The Hall–Kier alpha value is -1.90. The predicted molar refractivity (Wildman–Crippen MR) is 102 cm³/mol. The van der Waals surface area contributed by atoms with Gasteiger partial charge in [-0.3, -0.25) is 4.79 Å². The SMILES string of the molecule is O=C(CCSc1nnnn1-c1ccc(Cl)cc1)Nc1ccc(Br)cc1. The first-order valence-electron chi connectivity index (χ1n) is 7.34. The molecule has 128 valence electrons. The van der Waals surface area contributed by atoms with Gasteiger partial charge in [0.25, 0.3) is 0 Å². The maximum absolute atomic E-state index is 12.0. The van der Waals surface area contributed by atoms with Crippen LogP contribution in [-0.4, -0.2) is 31.9 Å². The first kappa shape index (κ1) is 17.9. The van der Waals surface area contributed by atoms with E-state index in [1.807, 2.05) is 36.4 Å². The molecule has 3 rings (SSSR count). The Morgan fingerprint density at radius 2 is 1.88 bits per heavy atom. The second kappa shape index (κ2) is 8.46. The first-order valence-corrected chi connectivity index (χ1v) is 9.50. The Labute approximate surface area is 162 Å². The third-order valence-electron chi connectivity index (χ3n) is 3.20. The standard InChI is InChI=1S/C16H13BrClN5OS/c17-11-1-5-13(6-2-11)19-15(24)9-10-25-16-20-21-22-23(16)14-7-3-12(18)4-8-14/h1-8H,9-10H2,(H,19,24). The van der Waals surface area contributed by atoms with Crippen molar-refractivity contribution in [3.8, 4) is 5.69 Å². The monoisotopic (exact) mass is 437 g/mol. The Morgan fingerprint density at radius 3 is 2.60 bits per heavy atom. The highest BCUT2D eigenvalue weighted by Crippen LogP contribution is 2.20. The van der Waals surface area contributed by atoms with Crippen LogP contribution in [0.3, 0.4) is 0 Å². The molecule has 1 amide bonds.